The van der Waals surface area contributed by atoms with E-state index in [1.165, 1.54) is 6.07 Å². The van der Waals surface area contributed by atoms with E-state index in [0.29, 0.717) is 43.7 Å². The standard InChI is InChI=1S/C17H23N3O4/c1-11(2)15-12(3-4-13(21)19-15)16(23)20-7-5-17(6-8-20)10-18-14(22)9-24-17/h3-4,11H,5-10H2,1-2H3,(H,18,22)(H,19,21). The second kappa shape index (κ2) is 6.39. The summed E-state index contributed by atoms with van der Waals surface area (Å²) >= 11 is 0. The first-order chi connectivity index (χ1) is 11.4. The molecule has 0 aromatic carbocycles. The Morgan fingerprint density at radius 2 is 1.96 bits per heavy atom. The van der Waals surface area contributed by atoms with Crippen LogP contribution in [0.3, 0.4) is 0 Å². The average molecular weight is 333 g/mol. The van der Waals surface area contributed by atoms with Gasteiger partial charge in [0.2, 0.25) is 11.5 Å². The van der Waals surface area contributed by atoms with Crippen LogP contribution >= 0.6 is 0 Å². The van der Waals surface area contributed by atoms with Gasteiger partial charge in [-0.2, -0.15) is 0 Å². The summed E-state index contributed by atoms with van der Waals surface area (Å²) in [6.07, 6.45) is 1.39. The third kappa shape index (κ3) is 3.21. The Balaban J connectivity index is 1.72. The SMILES string of the molecule is CC(C)c1[nH]c(=O)ccc1C(=O)N1CCC2(CC1)CNC(=O)CO2. The lowest BCUT2D eigenvalue weighted by molar-refractivity contribution is -0.149. The molecule has 7 nitrogen and oxygen atoms in total. The van der Waals surface area contributed by atoms with Crippen LogP contribution in [0.25, 0.3) is 0 Å². The van der Waals surface area contributed by atoms with E-state index in [2.05, 4.69) is 10.3 Å². The summed E-state index contributed by atoms with van der Waals surface area (Å²) in [4.78, 5) is 40.2. The number of aromatic amines is 1. The number of rotatable bonds is 2. The molecule has 0 aliphatic carbocycles. The van der Waals surface area contributed by atoms with Crippen molar-refractivity contribution in [3.63, 3.8) is 0 Å². The molecule has 2 amide bonds. The van der Waals surface area contributed by atoms with Gasteiger partial charge in [-0.15, -0.1) is 0 Å². The second-order valence-corrected chi connectivity index (χ2v) is 6.85. The van der Waals surface area contributed by atoms with E-state index in [1.807, 2.05) is 13.8 Å². The molecule has 1 aromatic heterocycles. The molecule has 24 heavy (non-hydrogen) atoms. The lowest BCUT2D eigenvalue weighted by Gasteiger charge is -2.43. The number of likely N-dealkylation sites (tertiary alicyclic amines) is 1. The fraction of sp³-hybridized carbons (Fsp3) is 0.588. The molecule has 1 aromatic rings. The summed E-state index contributed by atoms with van der Waals surface area (Å²) in [6, 6.07) is 3.00. The number of morpholine rings is 1. The number of carbonyl (C=O) groups excluding carboxylic acids is 2. The van der Waals surface area contributed by atoms with Crippen molar-refractivity contribution in [2.24, 2.45) is 0 Å². The maximum Gasteiger partial charge on any atom is 0.255 e. The Hall–Kier alpha value is -2.15. The molecule has 130 valence electrons. The zero-order valence-electron chi connectivity index (χ0n) is 14.1. The Bertz CT molecular complexity index is 690. The molecular formula is C17H23N3O4. The summed E-state index contributed by atoms with van der Waals surface area (Å²) in [6.45, 7) is 5.64. The van der Waals surface area contributed by atoms with Crippen LogP contribution in [0.15, 0.2) is 16.9 Å². The molecule has 0 radical (unpaired) electrons. The van der Waals surface area contributed by atoms with Crippen molar-refractivity contribution in [1.82, 2.24) is 15.2 Å². The van der Waals surface area contributed by atoms with Crippen molar-refractivity contribution in [3.05, 3.63) is 33.7 Å². The van der Waals surface area contributed by atoms with Crippen molar-refractivity contribution in [3.8, 4) is 0 Å². The Kier molecular flexibility index (Phi) is 4.45. The molecule has 3 heterocycles. The number of pyridine rings is 1. The third-order valence-corrected chi connectivity index (χ3v) is 4.84. The number of piperidine rings is 1. The minimum Gasteiger partial charge on any atom is -0.363 e. The highest BCUT2D eigenvalue weighted by Crippen LogP contribution is 2.29. The number of nitrogens with zero attached hydrogens (tertiary/aromatic N) is 1. The molecule has 1 spiro atoms. The predicted octanol–water partition coefficient (Wildman–Crippen LogP) is 0.620. The van der Waals surface area contributed by atoms with Crippen LogP contribution in [0.2, 0.25) is 0 Å². The fourth-order valence-corrected chi connectivity index (χ4v) is 3.32. The second-order valence-electron chi connectivity index (χ2n) is 6.85. The van der Waals surface area contributed by atoms with E-state index in [9.17, 15) is 14.4 Å². The van der Waals surface area contributed by atoms with Crippen molar-refractivity contribution in [1.29, 1.82) is 0 Å². The minimum absolute atomic E-state index is 0.0610. The van der Waals surface area contributed by atoms with Gasteiger partial charge in [-0.25, -0.2) is 0 Å². The van der Waals surface area contributed by atoms with Crippen molar-refractivity contribution >= 4 is 11.8 Å². The lowest BCUT2D eigenvalue weighted by atomic mass is 9.89. The van der Waals surface area contributed by atoms with Crippen molar-refractivity contribution in [2.75, 3.05) is 26.2 Å². The zero-order valence-corrected chi connectivity index (χ0v) is 14.1. The maximum atomic E-state index is 12.9. The molecular weight excluding hydrogens is 310 g/mol. The Labute approximate surface area is 140 Å². The van der Waals surface area contributed by atoms with Gasteiger partial charge in [0.15, 0.2) is 0 Å². The summed E-state index contributed by atoms with van der Waals surface area (Å²) in [7, 11) is 0. The van der Waals surface area contributed by atoms with Crippen LogP contribution in [0.5, 0.6) is 0 Å². The van der Waals surface area contributed by atoms with Gasteiger partial charge in [0, 0.05) is 31.4 Å². The van der Waals surface area contributed by atoms with Crippen LogP contribution in [0, 0.1) is 0 Å². The molecule has 2 aliphatic heterocycles. The number of carbonyl (C=O) groups is 2. The van der Waals surface area contributed by atoms with Crippen LogP contribution in [0.1, 0.15) is 48.7 Å². The monoisotopic (exact) mass is 333 g/mol. The predicted molar refractivity (Wildman–Crippen MR) is 88.0 cm³/mol. The first-order valence-electron chi connectivity index (χ1n) is 8.33. The molecule has 2 saturated heterocycles. The third-order valence-electron chi connectivity index (χ3n) is 4.84. The lowest BCUT2D eigenvalue weighted by Crippen LogP contribution is -2.58. The van der Waals surface area contributed by atoms with Crippen LogP contribution in [-0.2, 0) is 9.53 Å². The molecule has 0 atom stereocenters. The molecule has 0 saturated carbocycles. The van der Waals surface area contributed by atoms with Crippen LogP contribution < -0.4 is 10.9 Å². The number of hydrogen-bond donors (Lipinski definition) is 2. The van der Waals surface area contributed by atoms with Gasteiger partial charge < -0.3 is 19.9 Å². The topological polar surface area (TPSA) is 91.5 Å². The van der Waals surface area contributed by atoms with Gasteiger partial charge in [-0.3, -0.25) is 14.4 Å². The summed E-state index contributed by atoms with van der Waals surface area (Å²) < 4.78 is 5.73. The van der Waals surface area contributed by atoms with Gasteiger partial charge in [-0.05, 0) is 24.8 Å². The normalized spacial score (nSPS) is 20.3. The number of amides is 2. The van der Waals surface area contributed by atoms with Gasteiger partial charge in [0.1, 0.15) is 6.61 Å². The smallest absolute Gasteiger partial charge is 0.255 e. The number of ether oxygens (including phenoxy) is 1. The first kappa shape index (κ1) is 16.7. The highest BCUT2D eigenvalue weighted by molar-refractivity contribution is 5.95. The largest absolute Gasteiger partial charge is 0.363 e. The Morgan fingerprint density at radius 1 is 1.25 bits per heavy atom. The highest BCUT2D eigenvalue weighted by Gasteiger charge is 2.40. The minimum atomic E-state index is -0.351. The highest BCUT2D eigenvalue weighted by atomic mass is 16.5. The average Bonchev–Trinajstić information content (AvgIpc) is 2.58. The zero-order chi connectivity index (χ0) is 17.3. The molecule has 2 aliphatic rings. The van der Waals surface area contributed by atoms with Gasteiger partial charge in [0.25, 0.3) is 5.91 Å². The van der Waals surface area contributed by atoms with E-state index in [-0.39, 0.29) is 35.5 Å². The Morgan fingerprint density at radius 3 is 2.54 bits per heavy atom. The summed E-state index contributed by atoms with van der Waals surface area (Å²) in [5.74, 6) is -0.0931. The summed E-state index contributed by atoms with van der Waals surface area (Å²) in [5, 5.41) is 2.84. The van der Waals surface area contributed by atoms with Crippen molar-refractivity contribution in [2.45, 2.75) is 38.2 Å². The van der Waals surface area contributed by atoms with E-state index in [0.717, 1.165) is 0 Å². The van der Waals surface area contributed by atoms with Crippen LogP contribution in [0.4, 0.5) is 0 Å². The number of nitrogens with one attached hydrogen (secondary N) is 2. The van der Waals surface area contributed by atoms with Gasteiger partial charge in [0.05, 0.1) is 11.2 Å². The van der Waals surface area contributed by atoms with Gasteiger partial charge >= 0.3 is 0 Å². The molecule has 2 fully saturated rings. The molecule has 3 rings (SSSR count). The van der Waals surface area contributed by atoms with Gasteiger partial charge in [-0.1, -0.05) is 13.8 Å². The molecule has 0 unspecified atom stereocenters. The molecule has 7 heteroatoms. The number of H-pyrrole nitrogens is 1. The maximum absolute atomic E-state index is 12.9. The van der Waals surface area contributed by atoms with E-state index in [1.54, 1.807) is 11.0 Å². The van der Waals surface area contributed by atoms with E-state index < -0.39 is 0 Å². The molecule has 0 bridgehead atoms. The number of hydrogen-bond acceptors (Lipinski definition) is 4. The summed E-state index contributed by atoms with van der Waals surface area (Å²) in [5.41, 5.74) is 0.683. The van der Waals surface area contributed by atoms with Crippen molar-refractivity contribution < 1.29 is 14.3 Å². The molecule has 2 N–H and O–H groups in total. The van der Waals surface area contributed by atoms with E-state index in [4.69, 9.17) is 4.74 Å². The van der Waals surface area contributed by atoms with Crippen LogP contribution in [-0.4, -0.2) is 53.5 Å². The fourth-order valence-electron chi connectivity index (χ4n) is 3.32. The van der Waals surface area contributed by atoms with E-state index >= 15 is 0 Å². The first-order valence-corrected chi connectivity index (χ1v) is 8.33. The number of aromatic nitrogens is 1. The quantitative estimate of drug-likeness (QED) is 0.830.